The zero-order valence-electron chi connectivity index (χ0n) is 19.2. The van der Waals surface area contributed by atoms with Gasteiger partial charge in [-0.15, -0.1) is 0 Å². The monoisotopic (exact) mass is 444 g/mol. The maximum atomic E-state index is 14.0. The number of benzene rings is 1. The summed E-state index contributed by atoms with van der Waals surface area (Å²) in [5, 5.41) is 0. The van der Waals surface area contributed by atoms with Crippen molar-refractivity contribution >= 4 is 11.8 Å². The number of likely N-dealkylation sites (tertiary alicyclic amines) is 1. The lowest BCUT2D eigenvalue weighted by Crippen LogP contribution is -2.57. The average Bonchev–Trinajstić information content (AvgIpc) is 3.33. The summed E-state index contributed by atoms with van der Waals surface area (Å²) in [4.78, 5) is 30.5. The Balaban J connectivity index is 1.42. The fraction of sp³-hybridized carbons (Fsp3) is 0.680. The highest BCUT2D eigenvalue weighted by Crippen LogP contribution is 2.29. The number of nitrogens with one attached hydrogen (secondary N) is 2. The summed E-state index contributed by atoms with van der Waals surface area (Å²) in [6.07, 6.45) is 9.44. The molecule has 4 rings (SSSR count). The van der Waals surface area contributed by atoms with Crippen LogP contribution in [-0.4, -0.2) is 59.9 Å². The van der Waals surface area contributed by atoms with Crippen LogP contribution in [0.25, 0.3) is 0 Å². The molecule has 2 aliphatic heterocycles. The molecule has 2 heterocycles. The molecule has 1 aliphatic carbocycles. The van der Waals surface area contributed by atoms with Crippen LogP contribution in [0.15, 0.2) is 24.3 Å². The first-order valence-corrected chi connectivity index (χ1v) is 12.3. The molecular weight excluding hydrogens is 407 g/mol. The van der Waals surface area contributed by atoms with E-state index in [0.29, 0.717) is 31.1 Å². The molecule has 3 atom stereocenters. The minimum Gasteiger partial charge on any atom is -0.342 e. The van der Waals surface area contributed by atoms with Crippen molar-refractivity contribution in [1.29, 1.82) is 0 Å². The molecule has 1 saturated carbocycles. The van der Waals surface area contributed by atoms with Crippen LogP contribution in [0.1, 0.15) is 63.4 Å². The molecule has 176 valence electrons. The largest absolute Gasteiger partial charge is 0.342 e. The molecule has 2 amide bonds. The van der Waals surface area contributed by atoms with Gasteiger partial charge in [0.25, 0.3) is 0 Å². The van der Waals surface area contributed by atoms with Crippen LogP contribution in [0.4, 0.5) is 4.39 Å². The normalized spacial score (nSPS) is 26.8. The first-order chi connectivity index (χ1) is 15.6. The molecule has 3 aliphatic rings. The van der Waals surface area contributed by atoms with Gasteiger partial charge in [-0.2, -0.15) is 0 Å². The van der Waals surface area contributed by atoms with Gasteiger partial charge in [-0.3, -0.25) is 20.4 Å². The van der Waals surface area contributed by atoms with Crippen molar-refractivity contribution in [3.05, 3.63) is 35.6 Å². The topological polar surface area (TPSA) is 64.7 Å². The summed E-state index contributed by atoms with van der Waals surface area (Å²) < 4.78 is 14.0. The lowest BCUT2D eigenvalue weighted by Gasteiger charge is -2.41. The SMILES string of the molecule is CN(C(=O)C1CNNC1C1CCCCN1C(=O)CCc1ccccc1F)C1CCCCC1. The maximum absolute atomic E-state index is 14.0. The third-order valence-electron chi connectivity index (χ3n) is 7.66. The minimum atomic E-state index is -0.256. The quantitative estimate of drug-likeness (QED) is 0.708. The fourth-order valence-corrected chi connectivity index (χ4v) is 5.76. The van der Waals surface area contributed by atoms with Crippen molar-refractivity contribution in [2.45, 2.75) is 82.3 Å². The number of rotatable bonds is 6. The number of carbonyl (C=O) groups is 2. The zero-order chi connectivity index (χ0) is 22.5. The number of hydrogen-bond acceptors (Lipinski definition) is 4. The molecule has 0 spiro atoms. The predicted molar refractivity (Wildman–Crippen MR) is 122 cm³/mol. The number of hydrogen-bond donors (Lipinski definition) is 2. The van der Waals surface area contributed by atoms with Crippen LogP contribution < -0.4 is 10.9 Å². The lowest BCUT2D eigenvalue weighted by atomic mass is 9.86. The fourth-order valence-electron chi connectivity index (χ4n) is 5.76. The number of nitrogens with zero attached hydrogens (tertiary/aromatic N) is 2. The smallest absolute Gasteiger partial charge is 0.228 e. The molecular formula is C25H37FN4O2. The van der Waals surface area contributed by atoms with Gasteiger partial charge in [-0.05, 0) is 50.2 Å². The first kappa shape index (κ1) is 23.2. The Labute approximate surface area is 190 Å². The lowest BCUT2D eigenvalue weighted by molar-refractivity contribution is -0.141. The molecule has 2 saturated heterocycles. The molecule has 7 heteroatoms. The zero-order valence-corrected chi connectivity index (χ0v) is 19.2. The van der Waals surface area contributed by atoms with E-state index in [1.807, 2.05) is 16.8 Å². The summed E-state index contributed by atoms with van der Waals surface area (Å²) in [6.45, 7) is 1.30. The number of carbonyl (C=O) groups excluding carboxylic acids is 2. The number of piperidine rings is 1. The second-order valence-corrected chi connectivity index (χ2v) is 9.64. The summed E-state index contributed by atoms with van der Waals surface area (Å²) in [6, 6.07) is 6.89. The van der Waals surface area contributed by atoms with Gasteiger partial charge >= 0.3 is 0 Å². The third kappa shape index (κ3) is 5.15. The van der Waals surface area contributed by atoms with Gasteiger partial charge in [0.1, 0.15) is 5.82 Å². The van der Waals surface area contributed by atoms with E-state index >= 15 is 0 Å². The Kier molecular flexibility index (Phi) is 7.79. The van der Waals surface area contributed by atoms with E-state index in [0.717, 1.165) is 32.1 Å². The summed E-state index contributed by atoms with van der Waals surface area (Å²) >= 11 is 0. The molecule has 0 aromatic heterocycles. The molecule has 3 fully saturated rings. The predicted octanol–water partition coefficient (Wildman–Crippen LogP) is 3.02. The van der Waals surface area contributed by atoms with Crippen LogP contribution in [0, 0.1) is 11.7 Å². The molecule has 0 radical (unpaired) electrons. The van der Waals surface area contributed by atoms with Crippen LogP contribution in [0.3, 0.4) is 0 Å². The minimum absolute atomic E-state index is 0.0134. The van der Waals surface area contributed by atoms with Gasteiger partial charge in [0, 0.05) is 38.6 Å². The van der Waals surface area contributed by atoms with Crippen LogP contribution in [0.5, 0.6) is 0 Å². The Hall–Kier alpha value is -1.99. The van der Waals surface area contributed by atoms with Crippen molar-refractivity contribution in [3.8, 4) is 0 Å². The van der Waals surface area contributed by atoms with Gasteiger partial charge in [0.15, 0.2) is 0 Å². The van der Waals surface area contributed by atoms with Gasteiger partial charge in [0.05, 0.1) is 12.0 Å². The van der Waals surface area contributed by atoms with E-state index in [1.54, 1.807) is 18.2 Å². The Morgan fingerprint density at radius 2 is 1.84 bits per heavy atom. The molecule has 3 unspecified atom stereocenters. The van der Waals surface area contributed by atoms with Crippen molar-refractivity contribution < 1.29 is 14.0 Å². The maximum Gasteiger partial charge on any atom is 0.228 e. The number of aryl methyl sites for hydroxylation is 1. The van der Waals surface area contributed by atoms with E-state index < -0.39 is 0 Å². The van der Waals surface area contributed by atoms with Gasteiger partial charge < -0.3 is 9.80 Å². The average molecular weight is 445 g/mol. The van der Waals surface area contributed by atoms with Gasteiger partial charge in [-0.25, -0.2) is 4.39 Å². The molecule has 32 heavy (non-hydrogen) atoms. The van der Waals surface area contributed by atoms with E-state index in [9.17, 15) is 14.0 Å². The highest BCUT2D eigenvalue weighted by Gasteiger charge is 2.44. The Morgan fingerprint density at radius 1 is 1.09 bits per heavy atom. The second kappa shape index (κ2) is 10.8. The standard InChI is InChI=1S/C25H37FN4O2/c1-29(19-10-3-2-4-11-19)25(32)20-17-27-28-24(20)22-13-7-8-16-30(22)23(31)15-14-18-9-5-6-12-21(18)26/h5-6,9,12,19-20,22,24,27-28H,2-4,7-8,10-11,13-17H2,1H3. The van der Waals surface area contributed by atoms with Crippen molar-refractivity contribution in [2.24, 2.45) is 5.92 Å². The highest BCUT2D eigenvalue weighted by atomic mass is 19.1. The highest BCUT2D eigenvalue weighted by molar-refractivity contribution is 5.81. The van der Waals surface area contributed by atoms with Gasteiger partial charge in [-0.1, -0.05) is 37.5 Å². The number of hydrazine groups is 1. The summed E-state index contributed by atoms with van der Waals surface area (Å²) in [5.74, 6) is -0.192. The molecule has 6 nitrogen and oxygen atoms in total. The second-order valence-electron chi connectivity index (χ2n) is 9.64. The van der Waals surface area contributed by atoms with Crippen LogP contribution in [0.2, 0.25) is 0 Å². The summed E-state index contributed by atoms with van der Waals surface area (Å²) in [7, 11) is 1.95. The van der Waals surface area contributed by atoms with E-state index in [1.165, 1.54) is 25.3 Å². The van der Waals surface area contributed by atoms with Crippen molar-refractivity contribution in [3.63, 3.8) is 0 Å². The molecule has 1 aromatic rings. The molecule has 1 aromatic carbocycles. The van der Waals surface area contributed by atoms with Gasteiger partial charge in [0.2, 0.25) is 11.8 Å². The van der Waals surface area contributed by atoms with Crippen molar-refractivity contribution in [2.75, 3.05) is 20.1 Å². The van der Waals surface area contributed by atoms with E-state index in [4.69, 9.17) is 0 Å². The van der Waals surface area contributed by atoms with E-state index in [2.05, 4.69) is 10.9 Å². The first-order valence-electron chi connectivity index (χ1n) is 12.3. The molecule has 0 bridgehead atoms. The Bertz CT molecular complexity index is 798. The number of halogens is 1. The van der Waals surface area contributed by atoms with Crippen LogP contribution >= 0.6 is 0 Å². The Morgan fingerprint density at radius 3 is 2.62 bits per heavy atom. The summed E-state index contributed by atoms with van der Waals surface area (Å²) in [5.41, 5.74) is 7.11. The van der Waals surface area contributed by atoms with E-state index in [-0.39, 0.29) is 42.1 Å². The number of amides is 2. The van der Waals surface area contributed by atoms with Crippen LogP contribution in [-0.2, 0) is 16.0 Å². The van der Waals surface area contributed by atoms with Crippen molar-refractivity contribution in [1.82, 2.24) is 20.7 Å². The third-order valence-corrected chi connectivity index (χ3v) is 7.66. The molecule has 2 N–H and O–H groups in total.